The average molecular weight is 491 g/mol. The summed E-state index contributed by atoms with van der Waals surface area (Å²) in [6, 6.07) is 12.5. The summed E-state index contributed by atoms with van der Waals surface area (Å²) < 4.78 is 6.75. The molecule has 0 atom stereocenters. The van der Waals surface area contributed by atoms with Gasteiger partial charge in [0.2, 0.25) is 5.91 Å². The van der Waals surface area contributed by atoms with Gasteiger partial charge in [0.05, 0.1) is 23.5 Å². The van der Waals surface area contributed by atoms with Crippen molar-refractivity contribution in [2.75, 3.05) is 5.32 Å². The number of amides is 1. The van der Waals surface area contributed by atoms with Gasteiger partial charge in [-0.3, -0.25) is 9.59 Å². The van der Waals surface area contributed by atoms with Crippen LogP contribution in [0.15, 0.2) is 52.6 Å². The molecule has 0 bridgehead atoms. The van der Waals surface area contributed by atoms with Crippen molar-refractivity contribution in [2.24, 2.45) is 0 Å². The highest BCUT2D eigenvalue weighted by Gasteiger charge is 2.19. The van der Waals surface area contributed by atoms with Gasteiger partial charge in [-0.2, -0.15) is 5.10 Å². The monoisotopic (exact) mass is 490 g/mol. The molecule has 0 aliphatic carbocycles. The van der Waals surface area contributed by atoms with E-state index in [-0.39, 0.29) is 36.2 Å². The van der Waals surface area contributed by atoms with Crippen molar-refractivity contribution in [1.29, 1.82) is 0 Å². The number of fused-ring (bicyclic) bond motifs is 1. The normalized spacial score (nSPS) is 11.1. The number of hydrogen-bond acceptors (Lipinski definition) is 7. The number of benzene rings is 2. The second-order valence-corrected chi connectivity index (χ2v) is 9.53. The predicted molar refractivity (Wildman–Crippen MR) is 136 cm³/mol. The van der Waals surface area contributed by atoms with E-state index in [2.05, 4.69) is 15.4 Å². The van der Waals surface area contributed by atoms with E-state index >= 15 is 0 Å². The number of ether oxygens (including phenoxy) is 1. The summed E-state index contributed by atoms with van der Waals surface area (Å²) in [5, 5.41) is 10.4. The molecule has 0 saturated carbocycles. The molecule has 0 saturated heterocycles. The van der Waals surface area contributed by atoms with Crippen molar-refractivity contribution < 1.29 is 14.3 Å². The Morgan fingerprint density at radius 3 is 2.60 bits per heavy atom. The SMILES string of the molecule is Cc1ccc(C)c(NC(=O)Cc2nc(COC(=O)c3nn(C(C)C)c(=O)c4ccccc34)cs2)c1. The molecule has 8 nitrogen and oxygen atoms in total. The Hall–Kier alpha value is -3.85. The van der Waals surface area contributed by atoms with Crippen molar-refractivity contribution in [3.8, 4) is 0 Å². The fraction of sp³-hybridized carbons (Fsp3) is 0.269. The maximum Gasteiger partial charge on any atom is 0.359 e. The van der Waals surface area contributed by atoms with Crippen molar-refractivity contribution >= 4 is 39.7 Å². The number of carbonyl (C=O) groups excluding carboxylic acids is 2. The van der Waals surface area contributed by atoms with Crippen LogP contribution in [0.1, 0.15) is 52.2 Å². The number of rotatable bonds is 7. The number of anilines is 1. The third kappa shape index (κ3) is 5.46. The minimum Gasteiger partial charge on any atom is -0.454 e. The van der Waals surface area contributed by atoms with E-state index in [1.165, 1.54) is 16.0 Å². The van der Waals surface area contributed by atoms with Crippen LogP contribution in [0, 0.1) is 13.8 Å². The summed E-state index contributed by atoms with van der Waals surface area (Å²) in [6.45, 7) is 7.50. The number of thiazole rings is 1. The van der Waals surface area contributed by atoms with Gasteiger partial charge < -0.3 is 10.1 Å². The van der Waals surface area contributed by atoms with Crippen LogP contribution in [0.4, 0.5) is 5.69 Å². The zero-order valence-electron chi connectivity index (χ0n) is 20.0. The molecule has 1 N–H and O–H groups in total. The second kappa shape index (κ2) is 10.2. The van der Waals surface area contributed by atoms with Gasteiger partial charge in [0.15, 0.2) is 5.69 Å². The first kappa shape index (κ1) is 24.3. The number of hydrogen-bond donors (Lipinski definition) is 1. The maximum atomic E-state index is 12.9. The Labute approximate surface area is 206 Å². The highest BCUT2D eigenvalue weighted by atomic mass is 32.1. The Morgan fingerprint density at radius 1 is 1.11 bits per heavy atom. The molecule has 0 radical (unpaired) electrons. The number of nitrogens with zero attached hydrogens (tertiary/aromatic N) is 3. The standard InChI is InChI=1S/C26H26N4O4S/c1-15(2)30-25(32)20-8-6-5-7-19(20)24(29-30)26(33)34-13-18-14-35-23(27-18)12-22(31)28-21-11-16(3)9-10-17(21)4/h5-11,14-15H,12-13H2,1-4H3,(H,28,31). The highest BCUT2D eigenvalue weighted by molar-refractivity contribution is 7.09. The lowest BCUT2D eigenvalue weighted by Crippen LogP contribution is -2.27. The summed E-state index contributed by atoms with van der Waals surface area (Å²) in [5.41, 5.74) is 3.20. The van der Waals surface area contributed by atoms with Crippen molar-refractivity contribution in [3.05, 3.63) is 85.7 Å². The van der Waals surface area contributed by atoms with E-state index in [9.17, 15) is 14.4 Å². The van der Waals surface area contributed by atoms with Gasteiger partial charge in [0.25, 0.3) is 5.56 Å². The van der Waals surface area contributed by atoms with Crippen LogP contribution in [-0.2, 0) is 22.6 Å². The van der Waals surface area contributed by atoms with Gasteiger partial charge in [0.1, 0.15) is 11.6 Å². The molecule has 0 aliphatic rings. The molecule has 1 amide bonds. The number of aromatic nitrogens is 3. The minimum atomic E-state index is -0.641. The van der Waals surface area contributed by atoms with Gasteiger partial charge in [-0.15, -0.1) is 11.3 Å². The van der Waals surface area contributed by atoms with E-state index < -0.39 is 5.97 Å². The molecule has 35 heavy (non-hydrogen) atoms. The van der Waals surface area contributed by atoms with Gasteiger partial charge in [-0.25, -0.2) is 14.5 Å². The fourth-order valence-electron chi connectivity index (χ4n) is 3.61. The van der Waals surface area contributed by atoms with E-state index in [4.69, 9.17) is 4.74 Å². The lowest BCUT2D eigenvalue weighted by molar-refractivity contribution is -0.115. The molecule has 4 rings (SSSR count). The predicted octanol–water partition coefficient (Wildman–Crippen LogP) is 4.59. The number of aryl methyl sites for hydroxylation is 2. The van der Waals surface area contributed by atoms with Crippen LogP contribution >= 0.6 is 11.3 Å². The summed E-state index contributed by atoms with van der Waals surface area (Å²) in [6.07, 6.45) is 0.123. The number of esters is 1. The molecule has 2 aromatic heterocycles. The van der Waals surface area contributed by atoms with Crippen molar-refractivity contribution in [2.45, 2.75) is 46.8 Å². The van der Waals surface area contributed by atoms with Gasteiger partial charge in [-0.05, 0) is 51.0 Å². The zero-order chi connectivity index (χ0) is 25.1. The third-order valence-electron chi connectivity index (χ3n) is 5.44. The van der Waals surface area contributed by atoms with Gasteiger partial charge in [-0.1, -0.05) is 30.3 Å². The first-order valence-corrected chi connectivity index (χ1v) is 12.1. The van der Waals surface area contributed by atoms with Crippen LogP contribution in [-0.4, -0.2) is 26.6 Å². The molecule has 9 heteroatoms. The molecule has 0 fully saturated rings. The van der Waals surface area contributed by atoms with E-state index in [0.717, 1.165) is 16.8 Å². The smallest absolute Gasteiger partial charge is 0.359 e. The van der Waals surface area contributed by atoms with E-state index in [0.29, 0.717) is 21.5 Å². The molecule has 0 spiro atoms. The maximum absolute atomic E-state index is 12.9. The largest absolute Gasteiger partial charge is 0.454 e. The lowest BCUT2D eigenvalue weighted by Gasteiger charge is -2.12. The van der Waals surface area contributed by atoms with Gasteiger partial charge in [0, 0.05) is 16.5 Å². The summed E-state index contributed by atoms with van der Waals surface area (Å²) in [4.78, 5) is 42.5. The first-order chi connectivity index (χ1) is 16.7. The van der Waals surface area contributed by atoms with E-state index in [1.807, 2.05) is 45.9 Å². The molecule has 4 aromatic rings. The molecule has 180 valence electrons. The van der Waals surface area contributed by atoms with E-state index in [1.54, 1.807) is 29.6 Å². The Kier molecular flexibility index (Phi) is 7.07. The van der Waals surface area contributed by atoms with Crippen molar-refractivity contribution in [1.82, 2.24) is 14.8 Å². The summed E-state index contributed by atoms with van der Waals surface area (Å²) in [7, 11) is 0. The Bertz CT molecular complexity index is 1470. The summed E-state index contributed by atoms with van der Waals surface area (Å²) >= 11 is 1.33. The number of nitrogens with one attached hydrogen (secondary N) is 1. The van der Waals surface area contributed by atoms with Crippen molar-refractivity contribution in [3.63, 3.8) is 0 Å². The Morgan fingerprint density at radius 2 is 1.86 bits per heavy atom. The van der Waals surface area contributed by atoms with Crippen LogP contribution in [0.3, 0.4) is 0 Å². The second-order valence-electron chi connectivity index (χ2n) is 8.59. The quantitative estimate of drug-likeness (QED) is 0.380. The van der Waals surface area contributed by atoms with Crippen LogP contribution in [0.5, 0.6) is 0 Å². The molecule has 0 aliphatic heterocycles. The highest BCUT2D eigenvalue weighted by Crippen LogP contribution is 2.19. The average Bonchev–Trinajstić information content (AvgIpc) is 3.27. The zero-order valence-corrected chi connectivity index (χ0v) is 20.8. The minimum absolute atomic E-state index is 0.0647. The first-order valence-electron chi connectivity index (χ1n) is 11.2. The lowest BCUT2D eigenvalue weighted by atomic mass is 10.1. The third-order valence-corrected chi connectivity index (χ3v) is 6.34. The molecular weight excluding hydrogens is 464 g/mol. The molecular formula is C26H26N4O4S. The fourth-order valence-corrected chi connectivity index (χ4v) is 4.39. The topological polar surface area (TPSA) is 103 Å². The summed E-state index contributed by atoms with van der Waals surface area (Å²) in [5.74, 6) is -0.805. The number of carbonyl (C=O) groups is 2. The molecule has 0 unspecified atom stereocenters. The molecule has 2 heterocycles. The van der Waals surface area contributed by atoms with Crippen LogP contribution < -0.4 is 10.9 Å². The molecule has 2 aromatic carbocycles. The Balaban J connectivity index is 1.44. The van der Waals surface area contributed by atoms with Gasteiger partial charge >= 0.3 is 5.97 Å². The van der Waals surface area contributed by atoms with Crippen LogP contribution in [0.25, 0.3) is 10.8 Å². The van der Waals surface area contributed by atoms with Crippen LogP contribution in [0.2, 0.25) is 0 Å².